The molecule has 4 atom stereocenters. The van der Waals surface area contributed by atoms with Crippen molar-refractivity contribution in [1.82, 2.24) is 19.6 Å². The van der Waals surface area contributed by atoms with E-state index in [-0.39, 0.29) is 18.2 Å². The van der Waals surface area contributed by atoms with Gasteiger partial charge in [-0.3, -0.25) is 24.4 Å². The van der Waals surface area contributed by atoms with Crippen molar-refractivity contribution in [2.45, 2.75) is 386 Å². The van der Waals surface area contributed by atoms with Crippen molar-refractivity contribution in [2.24, 2.45) is 0 Å². The van der Waals surface area contributed by atoms with Crippen LogP contribution in [0.5, 0.6) is 0 Å². The third kappa shape index (κ3) is 70.6. The Hall–Kier alpha value is -1.71. The lowest BCUT2D eigenvalue weighted by Gasteiger charge is -2.34. The molecule has 586 valence electrons. The minimum absolute atomic E-state index is 0.149. The molecule has 1 fully saturated rings. The summed E-state index contributed by atoms with van der Waals surface area (Å²) in [6.07, 6.45) is 87.0. The second-order valence-corrected chi connectivity index (χ2v) is 32.6. The molecule has 0 spiro atoms. The Kier molecular flexibility index (Phi) is 75.5. The largest absolute Gasteiger partial charge is 0.464 e. The van der Waals surface area contributed by atoms with Gasteiger partial charge in [-0.05, 0) is 174 Å². The number of hydrogen-bond donors (Lipinski definition) is 4. The van der Waals surface area contributed by atoms with Gasteiger partial charge in [0.1, 0.15) is 6.61 Å². The second-order valence-electron chi connectivity index (χ2n) is 29.9. The Morgan fingerprint density at radius 3 is 0.980 bits per heavy atom. The highest BCUT2D eigenvalue weighted by Gasteiger charge is 2.20. The molecule has 0 aromatic rings. The maximum absolute atomic E-state index is 13.0. The smallest absolute Gasteiger partial charge is 0.305 e. The van der Waals surface area contributed by atoms with Crippen molar-refractivity contribution < 1.29 is 30.0 Å². The molecule has 0 aromatic heterocycles. The lowest BCUT2D eigenvalue weighted by Crippen LogP contribution is -2.47. The molecular weight excluding hydrogens is 1270 g/mol. The monoisotopic (exact) mass is 1440 g/mol. The predicted molar refractivity (Wildman–Crippen MR) is 443 cm³/mol. The fraction of sp³-hybridized carbons (Fsp3) is 0.852. The number of rotatable bonds is 78. The normalized spacial score (nSPS) is 15.0. The summed E-state index contributed by atoms with van der Waals surface area (Å²) in [5.41, 5.74) is 0. The number of aliphatic hydroxyl groups excluding tert-OH is 4. The lowest BCUT2D eigenvalue weighted by atomic mass is 10.1. The molecule has 1 aliphatic rings. The summed E-state index contributed by atoms with van der Waals surface area (Å²) in [6.45, 7) is 19.4. The van der Waals surface area contributed by atoms with Crippen LogP contribution in [0.2, 0.25) is 0 Å². The summed E-state index contributed by atoms with van der Waals surface area (Å²) in [6, 6.07) is 0. The summed E-state index contributed by atoms with van der Waals surface area (Å²) < 4.78 is 5.78. The highest BCUT2D eigenvalue weighted by atomic mass is 33.1. The molecule has 0 amide bonds. The number of nitrogens with zero attached hydrogens (tertiary/aromatic N) is 4. The first-order chi connectivity index (χ1) is 49.2. The minimum Gasteiger partial charge on any atom is -0.464 e. The lowest BCUT2D eigenvalue weighted by molar-refractivity contribution is -0.144. The van der Waals surface area contributed by atoms with Gasteiger partial charge in [0, 0.05) is 83.4 Å². The van der Waals surface area contributed by atoms with E-state index < -0.39 is 12.2 Å². The third-order valence-corrected chi connectivity index (χ3v) is 22.4. The molecule has 0 radical (unpaired) electrons. The fourth-order valence-corrected chi connectivity index (χ4v) is 15.6. The van der Waals surface area contributed by atoms with Crippen molar-refractivity contribution in [2.75, 3.05) is 96.6 Å². The van der Waals surface area contributed by atoms with E-state index in [4.69, 9.17) is 4.74 Å². The maximum atomic E-state index is 13.0. The van der Waals surface area contributed by atoms with Gasteiger partial charge in [0.2, 0.25) is 0 Å². The van der Waals surface area contributed by atoms with E-state index in [1.165, 1.54) is 205 Å². The molecule has 1 heterocycles. The van der Waals surface area contributed by atoms with Crippen LogP contribution in [0.4, 0.5) is 0 Å². The van der Waals surface area contributed by atoms with Gasteiger partial charge in [0.25, 0.3) is 0 Å². The Morgan fingerprint density at radius 2 is 0.620 bits per heavy atom. The SMILES string of the molecule is CCCCC/C=C\C/C=C\CCCCCCC(O)CN(CCCCSSCCN1CCN(CCOC(=O)CCCN(CC(O)CCCCCC/C=C\CCCCCCCC)CC(O)CCCCCC/C=C\CCCCCCCC)CC1)CC(O)CCCCCC/C=C\C/C=C\CCCCC. The molecule has 1 aliphatic heterocycles. The van der Waals surface area contributed by atoms with Crippen LogP contribution in [0, 0.1) is 0 Å². The first-order valence-corrected chi connectivity index (χ1v) is 45.6. The van der Waals surface area contributed by atoms with E-state index in [1.807, 2.05) is 21.6 Å². The van der Waals surface area contributed by atoms with Gasteiger partial charge in [-0.1, -0.05) is 289 Å². The van der Waals surface area contributed by atoms with E-state index in [0.29, 0.717) is 52.2 Å². The number of unbranched alkanes of at least 4 members (excludes halogenated alkanes) is 35. The molecule has 1 saturated heterocycles. The highest BCUT2D eigenvalue weighted by molar-refractivity contribution is 8.76. The molecule has 0 aromatic carbocycles. The van der Waals surface area contributed by atoms with Crippen LogP contribution in [0.25, 0.3) is 0 Å². The third-order valence-electron chi connectivity index (χ3n) is 20.0. The van der Waals surface area contributed by atoms with Crippen LogP contribution in [-0.2, 0) is 9.53 Å². The van der Waals surface area contributed by atoms with E-state index in [0.717, 1.165) is 173 Å². The van der Waals surface area contributed by atoms with Crippen LogP contribution >= 0.6 is 21.6 Å². The maximum Gasteiger partial charge on any atom is 0.305 e. The summed E-state index contributed by atoms with van der Waals surface area (Å²) in [5.74, 6) is 2.08. The van der Waals surface area contributed by atoms with E-state index in [9.17, 15) is 25.2 Å². The summed E-state index contributed by atoms with van der Waals surface area (Å²) in [5, 5.41) is 44.8. The van der Waals surface area contributed by atoms with Crippen LogP contribution in [0.15, 0.2) is 72.9 Å². The van der Waals surface area contributed by atoms with Crippen molar-refractivity contribution in [3.63, 3.8) is 0 Å². The number of carbonyl (C=O) groups is 1. The standard InChI is InChI=1S/C88H166N4O6S2/c1-5-9-13-17-21-25-29-33-37-41-45-49-53-57-64-84(93)80-91(81-85(94)65-58-54-50-46-42-38-34-30-26-22-18-14-10-6-2)69-61-62-78-99-100-79-76-90-73-71-89(72-74-90)75-77-98-88(97)68-63-70-92(82-86(95)66-59-55-51-47-43-39-35-31-27-23-19-15-11-7-3)83-87(96)67-60-56-52-48-44-40-36-32-28-24-20-16-12-8-4/h21-22,25-26,33-40,84-87,93-96H,5-20,23-24,27-32,41-83H2,1-4H3/b25-21-,26-22-,37-33-,38-34-,39-35-,40-36-. The number of carbonyl (C=O) groups excluding carboxylic acids is 1. The molecular formula is C88H166N4O6S2. The van der Waals surface area contributed by atoms with Crippen molar-refractivity contribution in [3.05, 3.63) is 72.9 Å². The van der Waals surface area contributed by atoms with Crippen LogP contribution in [-0.4, -0.2) is 167 Å². The van der Waals surface area contributed by atoms with Gasteiger partial charge in [-0.15, -0.1) is 0 Å². The molecule has 10 nitrogen and oxygen atoms in total. The van der Waals surface area contributed by atoms with Gasteiger partial charge in [-0.2, -0.15) is 0 Å². The molecule has 0 bridgehead atoms. The zero-order valence-corrected chi connectivity index (χ0v) is 68.0. The van der Waals surface area contributed by atoms with Crippen LogP contribution in [0.3, 0.4) is 0 Å². The summed E-state index contributed by atoms with van der Waals surface area (Å²) in [7, 11) is 3.98. The molecule has 0 aliphatic carbocycles. The van der Waals surface area contributed by atoms with Crippen molar-refractivity contribution in [3.8, 4) is 0 Å². The van der Waals surface area contributed by atoms with Gasteiger partial charge >= 0.3 is 5.97 Å². The van der Waals surface area contributed by atoms with E-state index in [1.54, 1.807) is 0 Å². The van der Waals surface area contributed by atoms with Crippen LogP contribution in [0.1, 0.15) is 362 Å². The molecule has 0 saturated carbocycles. The van der Waals surface area contributed by atoms with Gasteiger partial charge in [0.15, 0.2) is 0 Å². The topological polar surface area (TPSA) is 120 Å². The Labute approximate surface area is 628 Å². The number of allylic oxidation sites excluding steroid dienone is 12. The first-order valence-electron chi connectivity index (χ1n) is 43.1. The highest BCUT2D eigenvalue weighted by Crippen LogP contribution is 2.24. The van der Waals surface area contributed by atoms with Crippen LogP contribution < -0.4 is 0 Å². The number of aliphatic hydroxyl groups is 4. The quantitative estimate of drug-likeness (QED) is 0.0201. The zero-order valence-electron chi connectivity index (χ0n) is 66.3. The molecule has 1 rings (SSSR count). The number of piperazine rings is 1. The fourth-order valence-electron chi connectivity index (χ4n) is 13.5. The first kappa shape index (κ1) is 96.3. The second kappa shape index (κ2) is 78.4. The summed E-state index contributed by atoms with van der Waals surface area (Å²) >= 11 is 0. The predicted octanol–water partition coefficient (Wildman–Crippen LogP) is 23.3. The number of ether oxygens (including phenoxy) is 1. The molecule has 4 N–H and O–H groups in total. The van der Waals surface area contributed by atoms with Gasteiger partial charge < -0.3 is 25.2 Å². The summed E-state index contributed by atoms with van der Waals surface area (Å²) in [4.78, 5) is 22.6. The number of hydrogen-bond acceptors (Lipinski definition) is 12. The number of esters is 1. The van der Waals surface area contributed by atoms with Crippen molar-refractivity contribution in [1.29, 1.82) is 0 Å². The average molecular weight is 1440 g/mol. The van der Waals surface area contributed by atoms with Gasteiger partial charge in [-0.25, -0.2) is 0 Å². The molecule has 4 unspecified atom stereocenters. The van der Waals surface area contributed by atoms with Gasteiger partial charge in [0.05, 0.1) is 24.4 Å². The average Bonchev–Trinajstić information content (AvgIpc) is 1.08. The molecule has 100 heavy (non-hydrogen) atoms. The Bertz CT molecular complexity index is 1760. The minimum atomic E-state index is -0.432. The van der Waals surface area contributed by atoms with E-state index >= 15 is 0 Å². The van der Waals surface area contributed by atoms with E-state index in [2.05, 4.69) is 120 Å². The Balaban J connectivity index is 2.46. The molecule has 12 heteroatoms. The Morgan fingerprint density at radius 1 is 0.340 bits per heavy atom. The van der Waals surface area contributed by atoms with Crippen molar-refractivity contribution >= 4 is 27.6 Å². The zero-order chi connectivity index (χ0) is 72.2.